The third-order valence-electron chi connectivity index (χ3n) is 3.82. The molecule has 1 aromatic heterocycles. The Balaban J connectivity index is 2.20. The van der Waals surface area contributed by atoms with E-state index < -0.39 is 0 Å². The molecule has 1 aliphatic heterocycles. The van der Waals surface area contributed by atoms with Gasteiger partial charge in [0.1, 0.15) is 5.02 Å². The molecule has 4 nitrogen and oxygen atoms in total. The summed E-state index contributed by atoms with van der Waals surface area (Å²) in [5.41, 5.74) is 0.588. The molecule has 0 spiro atoms. The molecule has 1 aliphatic rings. The summed E-state index contributed by atoms with van der Waals surface area (Å²) in [6.07, 6.45) is 6.42. The summed E-state index contributed by atoms with van der Waals surface area (Å²) in [6, 6.07) is 0.494. The van der Waals surface area contributed by atoms with Crippen molar-refractivity contribution >= 4 is 17.3 Å². The Kier molecular flexibility index (Phi) is 4.50. The van der Waals surface area contributed by atoms with Gasteiger partial charge in [0.2, 0.25) is 0 Å². The molecule has 1 atom stereocenters. The van der Waals surface area contributed by atoms with Gasteiger partial charge < -0.3 is 4.90 Å². The largest absolute Gasteiger partial charge is 0.366 e. The van der Waals surface area contributed by atoms with Crippen LogP contribution in [0, 0.1) is 5.92 Å². The first kappa shape index (κ1) is 14.4. The van der Waals surface area contributed by atoms with Crippen molar-refractivity contribution in [1.82, 2.24) is 9.78 Å². The first-order valence-electron chi connectivity index (χ1n) is 6.99. The van der Waals surface area contributed by atoms with Gasteiger partial charge in [-0.2, -0.15) is 5.10 Å². The van der Waals surface area contributed by atoms with E-state index in [2.05, 4.69) is 23.8 Å². The fourth-order valence-corrected chi connectivity index (χ4v) is 2.96. The molecule has 1 saturated heterocycles. The van der Waals surface area contributed by atoms with Gasteiger partial charge in [-0.05, 0) is 31.6 Å². The van der Waals surface area contributed by atoms with Gasteiger partial charge in [-0.25, -0.2) is 4.68 Å². The maximum Gasteiger partial charge on any atom is 0.287 e. The second kappa shape index (κ2) is 5.95. The van der Waals surface area contributed by atoms with Crippen molar-refractivity contribution in [2.75, 3.05) is 11.4 Å². The summed E-state index contributed by atoms with van der Waals surface area (Å²) in [5.74, 6) is 0.708. The molecule has 0 radical (unpaired) electrons. The Hall–Kier alpha value is -1.03. The Bertz CT molecular complexity index is 498. The Labute approximate surface area is 119 Å². The van der Waals surface area contributed by atoms with E-state index in [9.17, 15) is 4.79 Å². The summed E-state index contributed by atoms with van der Waals surface area (Å²) in [5, 5.41) is 4.39. The molecule has 0 aliphatic carbocycles. The number of aromatic nitrogens is 2. The van der Waals surface area contributed by atoms with E-state index >= 15 is 0 Å². The Morgan fingerprint density at radius 2 is 2.26 bits per heavy atom. The lowest BCUT2D eigenvalue weighted by Crippen LogP contribution is -2.32. The third-order valence-corrected chi connectivity index (χ3v) is 4.18. The minimum absolute atomic E-state index is 0.214. The smallest absolute Gasteiger partial charge is 0.287 e. The quantitative estimate of drug-likeness (QED) is 0.853. The number of anilines is 1. The normalized spacial score (nSPS) is 19.4. The van der Waals surface area contributed by atoms with Gasteiger partial charge in [0.25, 0.3) is 5.56 Å². The highest BCUT2D eigenvalue weighted by Crippen LogP contribution is 2.31. The predicted molar refractivity (Wildman–Crippen MR) is 78.9 cm³/mol. The van der Waals surface area contributed by atoms with Crippen molar-refractivity contribution in [2.45, 2.75) is 45.6 Å². The lowest BCUT2D eigenvalue weighted by molar-refractivity contribution is 0.495. The van der Waals surface area contributed by atoms with Gasteiger partial charge in [0.05, 0.1) is 11.9 Å². The standard InChI is InChI=1S/C14H22ClN3O/c1-10(2)6-7-11-5-4-8-18(11)12-9-16-17(3)14(19)13(12)15/h9-11H,4-8H2,1-3H3. The van der Waals surface area contributed by atoms with Gasteiger partial charge in [-0.3, -0.25) is 4.79 Å². The molecular weight excluding hydrogens is 262 g/mol. The molecule has 1 unspecified atom stereocenters. The summed E-state index contributed by atoms with van der Waals surface area (Å²) < 4.78 is 1.28. The fraction of sp³-hybridized carbons (Fsp3) is 0.714. The molecule has 1 fully saturated rings. The summed E-state index contributed by atoms with van der Waals surface area (Å²) in [4.78, 5) is 14.1. The summed E-state index contributed by atoms with van der Waals surface area (Å²) in [6.45, 7) is 5.45. The molecule has 1 aromatic rings. The predicted octanol–water partition coefficient (Wildman–Crippen LogP) is 2.84. The van der Waals surface area contributed by atoms with E-state index in [-0.39, 0.29) is 5.56 Å². The molecule has 0 aromatic carbocycles. The molecule has 0 amide bonds. The number of nitrogens with zero attached hydrogens (tertiary/aromatic N) is 3. The fourth-order valence-electron chi connectivity index (χ4n) is 2.68. The SMILES string of the molecule is CC(C)CCC1CCCN1c1cnn(C)c(=O)c1Cl. The first-order valence-corrected chi connectivity index (χ1v) is 7.37. The molecule has 106 valence electrons. The van der Waals surface area contributed by atoms with Crippen LogP contribution in [-0.4, -0.2) is 22.4 Å². The molecule has 0 saturated carbocycles. The number of hydrogen-bond donors (Lipinski definition) is 0. The first-order chi connectivity index (χ1) is 9.00. The van der Waals surface area contributed by atoms with Crippen LogP contribution < -0.4 is 10.5 Å². The molecular formula is C14H22ClN3O. The van der Waals surface area contributed by atoms with E-state index in [1.807, 2.05) is 0 Å². The van der Waals surface area contributed by atoms with Crippen LogP contribution in [0.25, 0.3) is 0 Å². The van der Waals surface area contributed by atoms with Crippen LogP contribution in [0.1, 0.15) is 39.5 Å². The monoisotopic (exact) mass is 283 g/mol. The molecule has 19 heavy (non-hydrogen) atoms. The summed E-state index contributed by atoms with van der Waals surface area (Å²) in [7, 11) is 1.62. The van der Waals surface area contributed by atoms with E-state index in [1.165, 1.54) is 17.5 Å². The van der Waals surface area contributed by atoms with Gasteiger partial charge in [-0.15, -0.1) is 0 Å². The molecule has 2 heterocycles. The van der Waals surface area contributed by atoms with Crippen LogP contribution in [-0.2, 0) is 7.05 Å². The average Bonchev–Trinajstić information content (AvgIpc) is 2.82. The maximum absolute atomic E-state index is 11.9. The second-order valence-corrected chi connectivity index (χ2v) is 6.11. The van der Waals surface area contributed by atoms with Gasteiger partial charge in [0.15, 0.2) is 0 Å². The highest BCUT2D eigenvalue weighted by molar-refractivity contribution is 6.33. The highest BCUT2D eigenvalue weighted by atomic mass is 35.5. The van der Waals surface area contributed by atoms with Crippen LogP contribution in [0.5, 0.6) is 0 Å². The molecule has 0 N–H and O–H groups in total. The van der Waals surface area contributed by atoms with Gasteiger partial charge in [-0.1, -0.05) is 25.4 Å². The van der Waals surface area contributed by atoms with Crippen LogP contribution >= 0.6 is 11.6 Å². The van der Waals surface area contributed by atoms with E-state index in [1.54, 1.807) is 13.2 Å². The van der Waals surface area contributed by atoms with E-state index in [0.29, 0.717) is 17.0 Å². The zero-order valence-corrected chi connectivity index (χ0v) is 12.7. The van der Waals surface area contributed by atoms with Crippen LogP contribution in [0.3, 0.4) is 0 Å². The zero-order valence-electron chi connectivity index (χ0n) is 11.9. The molecule has 2 rings (SSSR count). The van der Waals surface area contributed by atoms with E-state index in [0.717, 1.165) is 25.1 Å². The minimum atomic E-state index is -0.214. The van der Waals surface area contributed by atoms with Gasteiger partial charge in [0, 0.05) is 19.6 Å². The van der Waals surface area contributed by atoms with Crippen LogP contribution in [0.4, 0.5) is 5.69 Å². The number of aryl methyl sites for hydroxylation is 1. The minimum Gasteiger partial charge on any atom is -0.366 e. The van der Waals surface area contributed by atoms with E-state index in [4.69, 9.17) is 11.6 Å². The third kappa shape index (κ3) is 3.11. The maximum atomic E-state index is 11.9. The Morgan fingerprint density at radius 1 is 1.53 bits per heavy atom. The zero-order chi connectivity index (χ0) is 14.0. The van der Waals surface area contributed by atoms with Crippen molar-refractivity contribution < 1.29 is 0 Å². The molecule has 5 heteroatoms. The second-order valence-electron chi connectivity index (χ2n) is 5.73. The van der Waals surface area contributed by atoms with Crippen LogP contribution in [0.15, 0.2) is 11.0 Å². The molecule has 0 bridgehead atoms. The Morgan fingerprint density at radius 3 is 2.95 bits per heavy atom. The van der Waals surface area contributed by atoms with Gasteiger partial charge >= 0.3 is 0 Å². The van der Waals surface area contributed by atoms with Crippen LogP contribution in [0.2, 0.25) is 5.02 Å². The van der Waals surface area contributed by atoms with Crippen molar-refractivity contribution in [3.05, 3.63) is 21.6 Å². The number of rotatable bonds is 4. The lowest BCUT2D eigenvalue weighted by Gasteiger charge is -2.27. The van der Waals surface area contributed by atoms with Crippen molar-refractivity contribution in [3.63, 3.8) is 0 Å². The summed E-state index contributed by atoms with van der Waals surface area (Å²) >= 11 is 6.19. The van der Waals surface area contributed by atoms with Crippen molar-refractivity contribution in [3.8, 4) is 0 Å². The van der Waals surface area contributed by atoms with Crippen molar-refractivity contribution in [1.29, 1.82) is 0 Å². The topological polar surface area (TPSA) is 38.1 Å². The number of hydrogen-bond acceptors (Lipinski definition) is 3. The highest BCUT2D eigenvalue weighted by Gasteiger charge is 2.27. The van der Waals surface area contributed by atoms with Crippen molar-refractivity contribution in [2.24, 2.45) is 13.0 Å². The number of halogens is 1. The lowest BCUT2D eigenvalue weighted by atomic mass is 10.0. The average molecular weight is 284 g/mol.